The summed E-state index contributed by atoms with van der Waals surface area (Å²) in [5, 5.41) is 8.02. The number of aromatic nitrogens is 3. The van der Waals surface area contributed by atoms with E-state index in [1.807, 2.05) is 17.8 Å². The summed E-state index contributed by atoms with van der Waals surface area (Å²) < 4.78 is 1.91. The third-order valence-electron chi connectivity index (χ3n) is 2.25. The minimum absolute atomic E-state index is 0.0527. The molecular formula is C9H16ClN3. The van der Waals surface area contributed by atoms with Crippen molar-refractivity contribution in [3.05, 3.63) is 11.9 Å². The van der Waals surface area contributed by atoms with Crippen molar-refractivity contribution in [3.8, 4) is 0 Å². The average molecular weight is 202 g/mol. The van der Waals surface area contributed by atoms with E-state index in [-0.39, 0.29) is 5.38 Å². The molecule has 0 aliphatic rings. The molecule has 0 radical (unpaired) electrons. The Morgan fingerprint density at radius 1 is 1.46 bits per heavy atom. The molecule has 1 heterocycles. The van der Waals surface area contributed by atoms with Gasteiger partial charge in [0.25, 0.3) is 0 Å². The SMILES string of the molecule is CCC(CC)n1cc(C(C)Cl)nn1. The van der Waals surface area contributed by atoms with E-state index < -0.39 is 0 Å². The highest BCUT2D eigenvalue weighted by molar-refractivity contribution is 6.20. The number of nitrogens with zero attached hydrogens (tertiary/aromatic N) is 3. The summed E-state index contributed by atoms with van der Waals surface area (Å²) in [7, 11) is 0. The highest BCUT2D eigenvalue weighted by Crippen LogP contribution is 2.19. The lowest BCUT2D eigenvalue weighted by molar-refractivity contribution is 0.418. The first kappa shape index (κ1) is 10.5. The molecule has 0 aliphatic carbocycles. The van der Waals surface area contributed by atoms with Crippen LogP contribution in [0.1, 0.15) is 50.7 Å². The van der Waals surface area contributed by atoms with Crippen LogP contribution in [0.15, 0.2) is 6.20 Å². The molecule has 0 N–H and O–H groups in total. The van der Waals surface area contributed by atoms with Gasteiger partial charge in [-0.25, -0.2) is 4.68 Å². The molecular weight excluding hydrogens is 186 g/mol. The van der Waals surface area contributed by atoms with Gasteiger partial charge < -0.3 is 0 Å². The normalized spacial score (nSPS) is 13.6. The fourth-order valence-corrected chi connectivity index (χ4v) is 1.41. The van der Waals surface area contributed by atoms with E-state index in [0.29, 0.717) is 6.04 Å². The maximum absolute atomic E-state index is 5.89. The molecule has 0 saturated heterocycles. The van der Waals surface area contributed by atoms with E-state index in [1.54, 1.807) is 0 Å². The Morgan fingerprint density at radius 3 is 2.46 bits per heavy atom. The van der Waals surface area contributed by atoms with Crippen LogP contribution in [0.2, 0.25) is 0 Å². The molecule has 0 aliphatic heterocycles. The van der Waals surface area contributed by atoms with Gasteiger partial charge in [-0.05, 0) is 19.8 Å². The first-order valence-corrected chi connectivity index (χ1v) is 5.18. The minimum atomic E-state index is -0.0527. The quantitative estimate of drug-likeness (QED) is 0.702. The molecule has 3 nitrogen and oxygen atoms in total. The van der Waals surface area contributed by atoms with Crippen molar-refractivity contribution >= 4 is 11.6 Å². The van der Waals surface area contributed by atoms with Crippen LogP contribution in [0.25, 0.3) is 0 Å². The maximum Gasteiger partial charge on any atom is 0.100 e. The minimum Gasteiger partial charge on any atom is -0.249 e. The summed E-state index contributed by atoms with van der Waals surface area (Å²) in [5.74, 6) is 0. The lowest BCUT2D eigenvalue weighted by Gasteiger charge is -2.10. The highest BCUT2D eigenvalue weighted by Gasteiger charge is 2.11. The molecule has 0 spiro atoms. The van der Waals surface area contributed by atoms with E-state index in [0.717, 1.165) is 18.5 Å². The molecule has 1 atom stereocenters. The molecule has 4 heteroatoms. The summed E-state index contributed by atoms with van der Waals surface area (Å²) in [6.45, 7) is 6.21. The van der Waals surface area contributed by atoms with Crippen molar-refractivity contribution in [1.82, 2.24) is 15.0 Å². The Balaban J connectivity index is 2.78. The van der Waals surface area contributed by atoms with Gasteiger partial charge in [-0.2, -0.15) is 0 Å². The second-order valence-electron chi connectivity index (χ2n) is 3.21. The van der Waals surface area contributed by atoms with E-state index >= 15 is 0 Å². The van der Waals surface area contributed by atoms with Crippen molar-refractivity contribution in [2.75, 3.05) is 0 Å². The van der Waals surface area contributed by atoms with Gasteiger partial charge in [-0.1, -0.05) is 19.1 Å². The zero-order valence-corrected chi connectivity index (χ0v) is 9.12. The monoisotopic (exact) mass is 201 g/mol. The molecule has 0 aromatic carbocycles. The van der Waals surface area contributed by atoms with Crippen molar-refractivity contribution in [3.63, 3.8) is 0 Å². The van der Waals surface area contributed by atoms with E-state index in [4.69, 9.17) is 11.6 Å². The van der Waals surface area contributed by atoms with Crippen molar-refractivity contribution in [2.45, 2.75) is 45.0 Å². The van der Waals surface area contributed by atoms with Crippen LogP contribution in [0, 0.1) is 0 Å². The standard InChI is InChI=1S/C9H16ClN3/c1-4-8(5-2)13-6-9(7(3)10)11-12-13/h6-8H,4-5H2,1-3H3. The van der Waals surface area contributed by atoms with Crippen molar-refractivity contribution in [1.29, 1.82) is 0 Å². The van der Waals surface area contributed by atoms with Crippen molar-refractivity contribution in [2.24, 2.45) is 0 Å². The van der Waals surface area contributed by atoms with Crippen molar-refractivity contribution < 1.29 is 0 Å². The molecule has 74 valence electrons. The molecule has 0 amide bonds. The van der Waals surface area contributed by atoms with Gasteiger partial charge in [0.15, 0.2) is 0 Å². The topological polar surface area (TPSA) is 30.7 Å². The Kier molecular flexibility index (Phi) is 3.72. The Bertz CT molecular complexity index is 253. The molecule has 0 bridgehead atoms. The largest absolute Gasteiger partial charge is 0.249 e. The third-order valence-corrected chi connectivity index (χ3v) is 2.48. The van der Waals surface area contributed by atoms with E-state index in [2.05, 4.69) is 24.2 Å². The lowest BCUT2D eigenvalue weighted by atomic mass is 10.2. The molecule has 1 aromatic rings. The zero-order valence-electron chi connectivity index (χ0n) is 8.37. The first-order chi connectivity index (χ1) is 6.19. The van der Waals surface area contributed by atoms with Gasteiger partial charge in [-0.15, -0.1) is 16.7 Å². The van der Waals surface area contributed by atoms with Crippen LogP contribution in [0.4, 0.5) is 0 Å². The summed E-state index contributed by atoms with van der Waals surface area (Å²) in [6.07, 6.45) is 4.10. The first-order valence-electron chi connectivity index (χ1n) is 4.74. The van der Waals surface area contributed by atoms with E-state index in [9.17, 15) is 0 Å². The zero-order chi connectivity index (χ0) is 9.84. The van der Waals surface area contributed by atoms with Gasteiger partial charge in [0, 0.05) is 0 Å². The van der Waals surface area contributed by atoms with Crippen LogP contribution >= 0.6 is 11.6 Å². The molecule has 1 unspecified atom stereocenters. The number of alkyl halides is 1. The highest BCUT2D eigenvalue weighted by atomic mass is 35.5. The second-order valence-corrected chi connectivity index (χ2v) is 3.86. The molecule has 0 fully saturated rings. The molecule has 1 aromatic heterocycles. The number of hydrogen-bond acceptors (Lipinski definition) is 2. The van der Waals surface area contributed by atoms with Gasteiger partial charge in [-0.3, -0.25) is 0 Å². The smallest absolute Gasteiger partial charge is 0.100 e. The molecule has 1 rings (SSSR count). The molecule has 0 saturated carbocycles. The van der Waals surface area contributed by atoms with Crippen LogP contribution in [0.5, 0.6) is 0 Å². The predicted octanol–water partition coefficient (Wildman–Crippen LogP) is 2.94. The summed E-state index contributed by atoms with van der Waals surface area (Å²) in [5.41, 5.74) is 0.855. The van der Waals surface area contributed by atoms with Gasteiger partial charge in [0.2, 0.25) is 0 Å². The molecule has 13 heavy (non-hydrogen) atoms. The summed E-state index contributed by atoms with van der Waals surface area (Å²) >= 11 is 5.89. The maximum atomic E-state index is 5.89. The third kappa shape index (κ3) is 2.44. The van der Waals surface area contributed by atoms with Crippen LogP contribution in [-0.4, -0.2) is 15.0 Å². The summed E-state index contributed by atoms with van der Waals surface area (Å²) in [6, 6.07) is 0.455. The lowest BCUT2D eigenvalue weighted by Crippen LogP contribution is -2.07. The van der Waals surface area contributed by atoms with Crippen LogP contribution < -0.4 is 0 Å². The Hall–Kier alpha value is -0.570. The average Bonchev–Trinajstić information content (AvgIpc) is 2.56. The summed E-state index contributed by atoms with van der Waals surface area (Å²) in [4.78, 5) is 0. The number of halogens is 1. The Morgan fingerprint density at radius 2 is 2.08 bits per heavy atom. The van der Waals surface area contributed by atoms with Gasteiger partial charge >= 0.3 is 0 Å². The van der Waals surface area contributed by atoms with E-state index in [1.165, 1.54) is 0 Å². The van der Waals surface area contributed by atoms with Gasteiger partial charge in [0.1, 0.15) is 5.69 Å². The number of rotatable bonds is 4. The van der Waals surface area contributed by atoms with Crippen LogP contribution in [0.3, 0.4) is 0 Å². The van der Waals surface area contributed by atoms with Crippen LogP contribution in [-0.2, 0) is 0 Å². The second kappa shape index (κ2) is 4.61. The fourth-order valence-electron chi connectivity index (χ4n) is 1.31. The Labute approximate surface area is 84.1 Å². The fraction of sp³-hybridized carbons (Fsp3) is 0.778. The van der Waals surface area contributed by atoms with Gasteiger partial charge in [0.05, 0.1) is 17.6 Å². The predicted molar refractivity (Wildman–Crippen MR) is 53.9 cm³/mol. The number of hydrogen-bond donors (Lipinski definition) is 0.